The topological polar surface area (TPSA) is 64.0 Å². The van der Waals surface area contributed by atoms with Crippen LogP contribution in [0.25, 0.3) is 0 Å². The molecule has 0 saturated carbocycles. The van der Waals surface area contributed by atoms with Gasteiger partial charge in [-0.1, -0.05) is 11.6 Å². The van der Waals surface area contributed by atoms with Crippen LogP contribution < -0.4 is 4.72 Å². The Morgan fingerprint density at radius 2 is 2.21 bits per heavy atom. The first kappa shape index (κ1) is 13.8. The molecule has 0 atom stereocenters. The third-order valence-corrected chi connectivity index (χ3v) is 4.04. The first-order valence-electron chi connectivity index (χ1n) is 5.42. The molecule has 1 aromatic heterocycles. The van der Waals surface area contributed by atoms with Gasteiger partial charge in [0.25, 0.3) is 10.0 Å². The molecule has 0 saturated heterocycles. The second kappa shape index (κ2) is 5.18. The highest BCUT2D eigenvalue weighted by Crippen LogP contribution is 2.21. The summed E-state index contributed by atoms with van der Waals surface area (Å²) in [5.41, 5.74) is 0.274. The van der Waals surface area contributed by atoms with E-state index >= 15 is 0 Å². The lowest BCUT2D eigenvalue weighted by Crippen LogP contribution is -2.14. The molecule has 8 heteroatoms. The van der Waals surface area contributed by atoms with Gasteiger partial charge in [0, 0.05) is 17.8 Å². The molecule has 5 nitrogen and oxygen atoms in total. The Labute approximate surface area is 115 Å². The van der Waals surface area contributed by atoms with Gasteiger partial charge >= 0.3 is 0 Å². The molecule has 1 aromatic carbocycles. The number of benzene rings is 1. The van der Waals surface area contributed by atoms with Crippen LogP contribution in [0.2, 0.25) is 5.02 Å². The average molecular weight is 304 g/mol. The maximum atomic E-state index is 13.6. The molecule has 2 aromatic rings. The summed E-state index contributed by atoms with van der Waals surface area (Å²) in [6.45, 7) is 2.47. The van der Waals surface area contributed by atoms with Crippen molar-refractivity contribution in [3.05, 3.63) is 41.4 Å². The van der Waals surface area contributed by atoms with Crippen molar-refractivity contribution in [2.45, 2.75) is 18.4 Å². The van der Waals surface area contributed by atoms with E-state index < -0.39 is 20.7 Å². The van der Waals surface area contributed by atoms with E-state index in [1.165, 1.54) is 18.5 Å². The summed E-state index contributed by atoms with van der Waals surface area (Å²) in [6.07, 6.45) is 2.88. The minimum Gasteiger partial charge on any atom is -0.276 e. The van der Waals surface area contributed by atoms with Gasteiger partial charge in [0.2, 0.25) is 0 Å². The fourth-order valence-corrected chi connectivity index (χ4v) is 2.74. The maximum absolute atomic E-state index is 13.6. The highest BCUT2D eigenvalue weighted by molar-refractivity contribution is 7.92. The lowest BCUT2D eigenvalue weighted by molar-refractivity contribution is 0.570. The van der Waals surface area contributed by atoms with Crippen LogP contribution in [0.5, 0.6) is 0 Å². The van der Waals surface area contributed by atoms with Crippen LogP contribution >= 0.6 is 11.6 Å². The van der Waals surface area contributed by atoms with Gasteiger partial charge in [-0.15, -0.1) is 0 Å². The Morgan fingerprint density at radius 3 is 2.79 bits per heavy atom. The summed E-state index contributed by atoms with van der Waals surface area (Å²) in [4.78, 5) is -0.457. The van der Waals surface area contributed by atoms with E-state index in [9.17, 15) is 12.8 Å². The predicted molar refractivity (Wildman–Crippen MR) is 70.1 cm³/mol. The van der Waals surface area contributed by atoms with E-state index in [0.717, 1.165) is 12.1 Å². The number of nitrogens with zero attached hydrogens (tertiary/aromatic N) is 2. The van der Waals surface area contributed by atoms with E-state index in [1.54, 1.807) is 4.68 Å². The Balaban J connectivity index is 2.32. The molecule has 1 N–H and O–H groups in total. The summed E-state index contributed by atoms with van der Waals surface area (Å²) in [6, 6.07) is 3.38. The number of hydrogen-bond acceptors (Lipinski definition) is 3. The third-order valence-electron chi connectivity index (χ3n) is 2.39. The summed E-state index contributed by atoms with van der Waals surface area (Å²) in [5, 5.41) is 4.06. The van der Waals surface area contributed by atoms with Crippen LogP contribution in [-0.2, 0) is 16.6 Å². The molecule has 0 aliphatic heterocycles. The van der Waals surface area contributed by atoms with Gasteiger partial charge in [-0.25, -0.2) is 12.8 Å². The number of sulfonamides is 1. The van der Waals surface area contributed by atoms with Crippen LogP contribution in [0.15, 0.2) is 35.5 Å². The summed E-state index contributed by atoms with van der Waals surface area (Å²) < 4.78 is 41.4. The molecule has 0 radical (unpaired) electrons. The average Bonchev–Trinajstić information content (AvgIpc) is 2.75. The number of rotatable bonds is 4. The van der Waals surface area contributed by atoms with Gasteiger partial charge in [-0.2, -0.15) is 5.10 Å². The lowest BCUT2D eigenvalue weighted by Gasteiger charge is -2.06. The molecule has 0 bridgehead atoms. The minimum atomic E-state index is -3.99. The van der Waals surface area contributed by atoms with Gasteiger partial charge in [0.1, 0.15) is 10.7 Å². The molecule has 0 unspecified atom stereocenters. The molecule has 0 amide bonds. The predicted octanol–water partition coefficient (Wildman–Crippen LogP) is 2.50. The second-order valence-corrected chi connectivity index (χ2v) is 5.85. The summed E-state index contributed by atoms with van der Waals surface area (Å²) >= 11 is 5.58. The van der Waals surface area contributed by atoms with Crippen molar-refractivity contribution < 1.29 is 12.8 Å². The highest BCUT2D eigenvalue weighted by atomic mass is 35.5. The summed E-state index contributed by atoms with van der Waals surface area (Å²) in [7, 11) is -3.99. The van der Waals surface area contributed by atoms with Crippen molar-refractivity contribution in [3.63, 3.8) is 0 Å². The van der Waals surface area contributed by atoms with E-state index in [4.69, 9.17) is 11.6 Å². The minimum absolute atomic E-state index is 0.134. The molecule has 2 rings (SSSR count). The van der Waals surface area contributed by atoms with E-state index in [-0.39, 0.29) is 10.7 Å². The van der Waals surface area contributed by atoms with Gasteiger partial charge < -0.3 is 0 Å². The largest absolute Gasteiger partial charge is 0.276 e. The molecule has 0 aliphatic rings. The van der Waals surface area contributed by atoms with E-state index in [1.807, 2.05) is 6.92 Å². The van der Waals surface area contributed by atoms with Crippen molar-refractivity contribution in [2.24, 2.45) is 0 Å². The normalized spacial score (nSPS) is 11.5. The van der Waals surface area contributed by atoms with Crippen molar-refractivity contribution in [3.8, 4) is 0 Å². The van der Waals surface area contributed by atoms with Crippen molar-refractivity contribution in [2.75, 3.05) is 4.72 Å². The van der Waals surface area contributed by atoms with Gasteiger partial charge in [0.15, 0.2) is 0 Å². The van der Waals surface area contributed by atoms with E-state index in [2.05, 4.69) is 9.82 Å². The standard InChI is InChI=1S/C11H11ClFN3O2S/c1-2-16-7-9(6-14-16)15-19(17,18)11-4-3-8(12)5-10(11)13/h3-7,15H,2H2,1H3. The monoisotopic (exact) mass is 303 g/mol. The first-order chi connectivity index (χ1) is 8.92. The zero-order valence-electron chi connectivity index (χ0n) is 9.97. The number of anilines is 1. The fraction of sp³-hybridized carbons (Fsp3) is 0.182. The first-order valence-corrected chi connectivity index (χ1v) is 7.29. The Bertz CT molecular complexity index is 700. The van der Waals surface area contributed by atoms with Gasteiger partial charge in [-0.3, -0.25) is 9.40 Å². The maximum Gasteiger partial charge on any atom is 0.264 e. The van der Waals surface area contributed by atoms with Crippen LogP contribution in [-0.4, -0.2) is 18.2 Å². The van der Waals surface area contributed by atoms with Gasteiger partial charge in [-0.05, 0) is 25.1 Å². The van der Waals surface area contributed by atoms with Crippen molar-refractivity contribution >= 4 is 27.3 Å². The zero-order valence-corrected chi connectivity index (χ0v) is 11.5. The molecule has 19 heavy (non-hydrogen) atoms. The summed E-state index contributed by atoms with van der Waals surface area (Å²) in [5.74, 6) is -0.900. The number of halogens is 2. The lowest BCUT2D eigenvalue weighted by atomic mass is 10.3. The van der Waals surface area contributed by atoms with Crippen molar-refractivity contribution in [1.82, 2.24) is 9.78 Å². The molecule has 1 heterocycles. The Morgan fingerprint density at radius 1 is 1.47 bits per heavy atom. The second-order valence-electron chi connectivity index (χ2n) is 3.76. The Hall–Kier alpha value is -1.60. The molecule has 0 aliphatic carbocycles. The molecular formula is C11H11ClFN3O2S. The van der Waals surface area contributed by atoms with Crippen molar-refractivity contribution in [1.29, 1.82) is 0 Å². The van der Waals surface area contributed by atoms with E-state index in [0.29, 0.717) is 6.54 Å². The number of aryl methyl sites for hydroxylation is 1. The van der Waals surface area contributed by atoms with Crippen LogP contribution in [0, 0.1) is 5.82 Å². The quantitative estimate of drug-likeness (QED) is 0.944. The van der Waals surface area contributed by atoms with Crippen LogP contribution in [0.4, 0.5) is 10.1 Å². The third kappa shape index (κ3) is 3.05. The van der Waals surface area contributed by atoms with Crippen LogP contribution in [0.3, 0.4) is 0 Å². The zero-order chi connectivity index (χ0) is 14.0. The fourth-order valence-electron chi connectivity index (χ4n) is 1.49. The Kier molecular flexibility index (Phi) is 3.77. The number of aromatic nitrogens is 2. The molecular weight excluding hydrogens is 293 g/mol. The number of nitrogens with one attached hydrogen (secondary N) is 1. The number of hydrogen-bond donors (Lipinski definition) is 1. The van der Waals surface area contributed by atoms with Gasteiger partial charge in [0.05, 0.1) is 11.9 Å². The molecule has 102 valence electrons. The van der Waals surface area contributed by atoms with Crippen LogP contribution in [0.1, 0.15) is 6.92 Å². The highest BCUT2D eigenvalue weighted by Gasteiger charge is 2.19. The smallest absolute Gasteiger partial charge is 0.264 e. The molecule has 0 fully saturated rings. The molecule has 0 spiro atoms. The SMILES string of the molecule is CCn1cc(NS(=O)(=O)c2ccc(Cl)cc2F)cn1.